The van der Waals surface area contributed by atoms with Crippen LogP contribution in [0.4, 0.5) is 4.79 Å². The maximum atomic E-state index is 13.8. The van der Waals surface area contributed by atoms with E-state index in [9.17, 15) is 14.4 Å². The largest absolute Gasteiger partial charge is 0.497 e. The lowest BCUT2D eigenvalue weighted by Crippen LogP contribution is -2.46. The maximum absolute atomic E-state index is 13.8. The van der Waals surface area contributed by atoms with Crippen molar-refractivity contribution >= 4 is 29.2 Å². The molecule has 0 bridgehead atoms. The minimum absolute atomic E-state index is 0.336. The number of imide groups is 1. The lowest BCUT2D eigenvalue weighted by Gasteiger charge is -2.28. The molecule has 2 heterocycles. The molecule has 1 aliphatic heterocycles. The zero-order valence-corrected chi connectivity index (χ0v) is 19.9. The van der Waals surface area contributed by atoms with Crippen LogP contribution in [0.1, 0.15) is 16.0 Å². The van der Waals surface area contributed by atoms with Crippen molar-refractivity contribution in [3.8, 4) is 11.5 Å². The van der Waals surface area contributed by atoms with E-state index in [2.05, 4.69) is 5.32 Å². The molecule has 2 aromatic carbocycles. The van der Waals surface area contributed by atoms with Crippen LogP contribution in [0.5, 0.6) is 11.5 Å². The maximum Gasteiger partial charge on any atom is 0.326 e. The second-order valence-corrected chi connectivity index (χ2v) is 8.89. The monoisotopic (exact) mass is 479 g/mol. The first-order valence-electron chi connectivity index (χ1n) is 10.6. The number of nitrogens with one attached hydrogen (secondary N) is 1. The fraction of sp³-hybridized carbons (Fsp3) is 0.240. The number of carbonyl (C=O) groups excluding carboxylic acids is 3. The normalized spacial score (nSPS) is 14.6. The summed E-state index contributed by atoms with van der Waals surface area (Å²) in [6.07, 6.45) is 0. The van der Waals surface area contributed by atoms with Crippen molar-refractivity contribution in [1.82, 2.24) is 15.1 Å². The highest BCUT2D eigenvalue weighted by atomic mass is 32.1. The van der Waals surface area contributed by atoms with E-state index in [0.717, 1.165) is 9.78 Å². The minimum atomic E-state index is -1.48. The summed E-state index contributed by atoms with van der Waals surface area (Å²) in [6, 6.07) is 17.0. The minimum Gasteiger partial charge on any atom is -0.497 e. The molecule has 34 heavy (non-hydrogen) atoms. The summed E-state index contributed by atoms with van der Waals surface area (Å²) >= 11 is 1.54. The van der Waals surface area contributed by atoms with Crippen molar-refractivity contribution in [2.75, 3.05) is 27.8 Å². The number of benzene rings is 2. The fourth-order valence-electron chi connectivity index (χ4n) is 3.94. The van der Waals surface area contributed by atoms with Crippen LogP contribution in [-0.2, 0) is 21.7 Å². The molecule has 0 spiro atoms. The Morgan fingerprint density at radius 2 is 1.53 bits per heavy atom. The van der Waals surface area contributed by atoms with E-state index in [4.69, 9.17) is 9.47 Å². The molecule has 1 N–H and O–H groups in total. The molecule has 1 aromatic heterocycles. The highest BCUT2D eigenvalue weighted by molar-refractivity contribution is 7.09. The van der Waals surface area contributed by atoms with Gasteiger partial charge in [0.25, 0.3) is 5.91 Å². The molecule has 1 aliphatic rings. The third-order valence-corrected chi connectivity index (χ3v) is 6.70. The molecule has 3 aromatic rings. The van der Waals surface area contributed by atoms with Crippen molar-refractivity contribution in [2.45, 2.75) is 12.1 Å². The summed E-state index contributed by atoms with van der Waals surface area (Å²) in [6.45, 7) is 0.0445. The van der Waals surface area contributed by atoms with E-state index in [-0.39, 0.29) is 12.5 Å². The van der Waals surface area contributed by atoms with Gasteiger partial charge in [0.2, 0.25) is 5.91 Å². The fourth-order valence-corrected chi connectivity index (χ4v) is 4.70. The highest BCUT2D eigenvalue weighted by Gasteiger charge is 2.54. The van der Waals surface area contributed by atoms with Gasteiger partial charge in [-0.2, -0.15) is 0 Å². The molecule has 0 aliphatic carbocycles. The summed E-state index contributed by atoms with van der Waals surface area (Å²) < 4.78 is 10.5. The van der Waals surface area contributed by atoms with Gasteiger partial charge in [-0.25, -0.2) is 4.79 Å². The second kappa shape index (κ2) is 9.56. The number of ether oxygens (including phenoxy) is 2. The Morgan fingerprint density at radius 1 is 0.971 bits per heavy atom. The number of methoxy groups -OCH3 is 2. The van der Waals surface area contributed by atoms with Gasteiger partial charge >= 0.3 is 6.03 Å². The number of likely N-dealkylation sites (N-methyl/N-ethyl adjacent to an activating group) is 1. The van der Waals surface area contributed by atoms with E-state index in [1.54, 1.807) is 69.8 Å². The van der Waals surface area contributed by atoms with Crippen LogP contribution in [0.25, 0.3) is 0 Å². The molecule has 1 fully saturated rings. The third-order valence-electron chi connectivity index (χ3n) is 5.84. The molecule has 0 radical (unpaired) electrons. The van der Waals surface area contributed by atoms with Gasteiger partial charge in [-0.05, 0) is 46.8 Å². The van der Waals surface area contributed by atoms with Gasteiger partial charge in [0.15, 0.2) is 5.54 Å². The molecule has 0 atom stereocenters. The summed E-state index contributed by atoms with van der Waals surface area (Å²) in [4.78, 5) is 43.3. The van der Waals surface area contributed by atoms with Crippen LogP contribution in [0, 0.1) is 0 Å². The zero-order valence-electron chi connectivity index (χ0n) is 19.1. The van der Waals surface area contributed by atoms with E-state index in [1.807, 2.05) is 17.5 Å². The predicted octanol–water partition coefficient (Wildman–Crippen LogP) is 3.22. The van der Waals surface area contributed by atoms with Crippen LogP contribution < -0.4 is 14.8 Å². The lowest BCUT2D eigenvalue weighted by atomic mass is 9.82. The van der Waals surface area contributed by atoms with E-state index in [0.29, 0.717) is 29.2 Å². The summed E-state index contributed by atoms with van der Waals surface area (Å²) in [5.41, 5.74) is -0.375. The van der Waals surface area contributed by atoms with Crippen LogP contribution in [0.15, 0.2) is 66.0 Å². The number of thiophene rings is 1. The number of urea groups is 1. The Bertz CT molecular complexity index is 1130. The van der Waals surface area contributed by atoms with Crippen molar-refractivity contribution in [1.29, 1.82) is 0 Å². The molecule has 9 heteroatoms. The molecule has 0 saturated carbocycles. The highest BCUT2D eigenvalue weighted by Crippen LogP contribution is 2.37. The second-order valence-electron chi connectivity index (χ2n) is 7.86. The van der Waals surface area contributed by atoms with Gasteiger partial charge in [0, 0.05) is 11.9 Å². The summed E-state index contributed by atoms with van der Waals surface area (Å²) in [7, 11) is 4.76. The smallest absolute Gasteiger partial charge is 0.326 e. The Hall–Kier alpha value is -3.85. The Morgan fingerprint density at radius 3 is 2.00 bits per heavy atom. The van der Waals surface area contributed by atoms with E-state index >= 15 is 0 Å². The van der Waals surface area contributed by atoms with Gasteiger partial charge in [-0.15, -0.1) is 11.3 Å². The molecule has 8 nitrogen and oxygen atoms in total. The number of amides is 4. The number of nitrogens with zero attached hydrogens (tertiary/aromatic N) is 2. The van der Waals surface area contributed by atoms with Gasteiger partial charge in [-0.3, -0.25) is 14.5 Å². The summed E-state index contributed by atoms with van der Waals surface area (Å²) in [5.74, 6) is 0.378. The standard InChI is InChI=1S/C25H25N3O5S/c1-27(15-21-5-4-14-34-21)22(29)16-28-23(30)25(26-24(28)31,17-6-10-19(32-2)11-7-17)18-8-12-20(33-3)13-9-18/h4-14H,15-16H2,1-3H3,(H,26,31). The quantitative estimate of drug-likeness (QED) is 0.501. The first kappa shape index (κ1) is 23.3. The Kier molecular flexibility index (Phi) is 6.56. The Labute approximate surface area is 201 Å². The topological polar surface area (TPSA) is 88.2 Å². The molecule has 1 saturated heterocycles. The third kappa shape index (κ3) is 4.22. The van der Waals surface area contributed by atoms with Crippen LogP contribution in [0.3, 0.4) is 0 Å². The van der Waals surface area contributed by atoms with Crippen molar-refractivity contribution in [2.24, 2.45) is 0 Å². The Balaban J connectivity index is 1.67. The van der Waals surface area contributed by atoms with Crippen molar-refractivity contribution < 1.29 is 23.9 Å². The van der Waals surface area contributed by atoms with Crippen molar-refractivity contribution in [3.63, 3.8) is 0 Å². The molecule has 4 rings (SSSR count). The first-order chi connectivity index (χ1) is 16.4. The first-order valence-corrected chi connectivity index (χ1v) is 11.5. The van der Waals surface area contributed by atoms with Gasteiger partial charge in [0.05, 0.1) is 20.8 Å². The molecular formula is C25H25N3O5S. The summed E-state index contributed by atoms with van der Waals surface area (Å²) in [5, 5.41) is 4.79. The van der Waals surface area contributed by atoms with Gasteiger partial charge in [-0.1, -0.05) is 30.3 Å². The SMILES string of the molecule is COc1ccc(C2(c3ccc(OC)cc3)NC(=O)N(CC(=O)N(C)Cc3cccs3)C2=O)cc1. The number of rotatable bonds is 8. The molecule has 176 valence electrons. The predicted molar refractivity (Wildman–Crippen MR) is 128 cm³/mol. The average molecular weight is 480 g/mol. The van der Waals surface area contributed by atoms with E-state index in [1.165, 1.54) is 16.2 Å². The molecule has 0 unspecified atom stereocenters. The van der Waals surface area contributed by atoms with Crippen LogP contribution in [-0.4, -0.2) is 55.5 Å². The zero-order chi connectivity index (χ0) is 24.3. The van der Waals surface area contributed by atoms with Gasteiger partial charge < -0.3 is 19.7 Å². The number of hydrogen-bond donors (Lipinski definition) is 1. The number of carbonyl (C=O) groups is 3. The van der Waals surface area contributed by atoms with Crippen LogP contribution >= 0.6 is 11.3 Å². The van der Waals surface area contributed by atoms with Gasteiger partial charge in [0.1, 0.15) is 18.0 Å². The van der Waals surface area contributed by atoms with Crippen LogP contribution in [0.2, 0.25) is 0 Å². The molecular weight excluding hydrogens is 454 g/mol. The van der Waals surface area contributed by atoms with E-state index < -0.39 is 17.5 Å². The lowest BCUT2D eigenvalue weighted by molar-refractivity contribution is -0.138. The number of hydrogen-bond acceptors (Lipinski definition) is 6. The molecule has 4 amide bonds. The van der Waals surface area contributed by atoms with Crippen molar-refractivity contribution in [3.05, 3.63) is 82.0 Å². The average Bonchev–Trinajstić information content (AvgIpc) is 3.46.